The molecule has 5 heteroatoms. The molecule has 0 saturated carbocycles. The van der Waals surface area contributed by atoms with E-state index < -0.39 is 11.9 Å². The normalized spacial score (nSPS) is 10.9. The highest BCUT2D eigenvalue weighted by Crippen LogP contribution is 2.37. The molecule has 0 aliphatic carbocycles. The fourth-order valence-corrected chi connectivity index (χ4v) is 2.60. The van der Waals surface area contributed by atoms with E-state index in [9.17, 15) is 14.7 Å². The second-order valence-corrected chi connectivity index (χ2v) is 6.72. The largest absolute Gasteiger partial charge is 0.478 e. The van der Waals surface area contributed by atoms with Crippen molar-refractivity contribution in [3.05, 3.63) is 58.7 Å². The number of carboxylic acids is 1. The number of ether oxygens (including phenoxy) is 2. The minimum absolute atomic E-state index is 0.0937. The van der Waals surface area contributed by atoms with Gasteiger partial charge in [0.1, 0.15) is 17.1 Å². The van der Waals surface area contributed by atoms with Crippen LogP contribution >= 0.6 is 0 Å². The molecule has 0 bridgehead atoms. The maximum atomic E-state index is 11.8. The monoisotopic (exact) mass is 356 g/mol. The predicted octanol–water partition coefficient (Wildman–Crippen LogP) is 5.21. The number of aromatic carboxylic acids is 1. The van der Waals surface area contributed by atoms with E-state index in [4.69, 9.17) is 4.74 Å². The highest BCUT2D eigenvalue weighted by atomic mass is 16.5. The molecule has 5 nitrogen and oxygen atoms in total. The van der Waals surface area contributed by atoms with Gasteiger partial charge >= 0.3 is 11.9 Å². The van der Waals surface area contributed by atoms with Gasteiger partial charge in [0.2, 0.25) is 0 Å². The van der Waals surface area contributed by atoms with Gasteiger partial charge in [0.05, 0.1) is 12.7 Å². The van der Waals surface area contributed by atoms with Crippen molar-refractivity contribution >= 4 is 11.9 Å². The third-order valence-electron chi connectivity index (χ3n) is 4.15. The molecule has 2 aromatic rings. The Morgan fingerprint density at radius 2 is 1.58 bits per heavy atom. The lowest BCUT2D eigenvalue weighted by molar-refractivity contribution is 0.0600. The van der Waals surface area contributed by atoms with Gasteiger partial charge in [-0.3, -0.25) is 0 Å². The maximum absolute atomic E-state index is 11.8. The van der Waals surface area contributed by atoms with Crippen LogP contribution in [0, 0.1) is 0 Å². The Balaban J connectivity index is 2.50. The van der Waals surface area contributed by atoms with E-state index in [0.29, 0.717) is 17.1 Å². The van der Waals surface area contributed by atoms with Crippen molar-refractivity contribution in [2.24, 2.45) is 0 Å². The van der Waals surface area contributed by atoms with Gasteiger partial charge in [-0.05, 0) is 53.3 Å². The fourth-order valence-electron chi connectivity index (χ4n) is 2.60. The Morgan fingerprint density at radius 3 is 2.04 bits per heavy atom. The average Bonchev–Trinajstić information content (AvgIpc) is 2.61. The minimum Gasteiger partial charge on any atom is -0.478 e. The van der Waals surface area contributed by atoms with E-state index in [1.165, 1.54) is 7.11 Å². The molecule has 0 fully saturated rings. The molecule has 0 radical (unpaired) electrons. The first-order chi connectivity index (χ1) is 12.2. The van der Waals surface area contributed by atoms with E-state index in [2.05, 4.69) is 4.74 Å². The minimum atomic E-state index is -1.03. The van der Waals surface area contributed by atoms with E-state index in [1.54, 1.807) is 30.3 Å². The Kier molecular flexibility index (Phi) is 6.03. The summed E-state index contributed by atoms with van der Waals surface area (Å²) in [7, 11) is 1.32. The van der Waals surface area contributed by atoms with Crippen LogP contribution in [0.3, 0.4) is 0 Å². The molecular weight excluding hydrogens is 332 g/mol. The molecule has 2 aromatic carbocycles. The van der Waals surface area contributed by atoms with Crippen molar-refractivity contribution in [1.82, 2.24) is 0 Å². The molecule has 138 valence electrons. The number of carbonyl (C=O) groups excluding carboxylic acids is 1. The number of hydrogen-bond donors (Lipinski definition) is 1. The van der Waals surface area contributed by atoms with Crippen LogP contribution in [0.2, 0.25) is 0 Å². The third kappa shape index (κ3) is 4.23. The summed E-state index contributed by atoms with van der Waals surface area (Å²) in [6, 6.07) is 10.1. The van der Waals surface area contributed by atoms with Crippen LogP contribution in [0.4, 0.5) is 0 Å². The maximum Gasteiger partial charge on any atom is 0.339 e. The second kappa shape index (κ2) is 8.04. The second-order valence-electron chi connectivity index (χ2n) is 6.72. The summed E-state index contributed by atoms with van der Waals surface area (Å²) in [6.07, 6.45) is 0. The lowest BCUT2D eigenvalue weighted by atomic mass is 9.92. The van der Waals surface area contributed by atoms with E-state index in [0.717, 1.165) is 11.1 Å². The van der Waals surface area contributed by atoms with Gasteiger partial charge in [-0.2, -0.15) is 0 Å². The molecule has 0 aliphatic heterocycles. The van der Waals surface area contributed by atoms with E-state index in [1.807, 2.05) is 33.8 Å². The van der Waals surface area contributed by atoms with Gasteiger partial charge in [0.15, 0.2) is 0 Å². The molecule has 0 amide bonds. The molecule has 26 heavy (non-hydrogen) atoms. The van der Waals surface area contributed by atoms with Crippen LogP contribution in [-0.2, 0) is 4.74 Å². The molecule has 0 aromatic heterocycles. The zero-order valence-electron chi connectivity index (χ0n) is 15.7. The summed E-state index contributed by atoms with van der Waals surface area (Å²) in [6.45, 7) is 8.05. The summed E-state index contributed by atoms with van der Waals surface area (Å²) in [5.74, 6) is -0.375. The molecule has 0 atom stereocenters. The van der Waals surface area contributed by atoms with Gasteiger partial charge in [-0.15, -0.1) is 0 Å². The quantitative estimate of drug-likeness (QED) is 0.719. The number of carbonyl (C=O) groups is 2. The molecule has 1 N–H and O–H groups in total. The van der Waals surface area contributed by atoms with Crippen LogP contribution < -0.4 is 4.74 Å². The SMILES string of the molecule is COC(=O)c1ccc(Oc2c(C(=O)O)cc(C(C)C)cc2C(C)C)cc1. The van der Waals surface area contributed by atoms with Crippen molar-refractivity contribution in [2.45, 2.75) is 39.5 Å². The number of methoxy groups -OCH3 is 1. The van der Waals surface area contributed by atoms with E-state index >= 15 is 0 Å². The molecule has 0 saturated heterocycles. The first-order valence-corrected chi connectivity index (χ1v) is 8.52. The molecule has 0 unspecified atom stereocenters. The van der Waals surface area contributed by atoms with Gasteiger partial charge in [-0.1, -0.05) is 33.8 Å². The summed E-state index contributed by atoms with van der Waals surface area (Å²) in [4.78, 5) is 23.3. The Bertz CT molecular complexity index is 804. The Morgan fingerprint density at radius 1 is 0.962 bits per heavy atom. The highest BCUT2D eigenvalue weighted by molar-refractivity contribution is 5.92. The summed E-state index contributed by atoms with van der Waals surface area (Å²) in [5, 5.41) is 9.66. The van der Waals surface area contributed by atoms with Gasteiger partial charge in [-0.25, -0.2) is 9.59 Å². The van der Waals surface area contributed by atoms with Crippen LogP contribution in [0.25, 0.3) is 0 Å². The van der Waals surface area contributed by atoms with Crippen LogP contribution in [0.1, 0.15) is 71.4 Å². The fraction of sp³-hybridized carbons (Fsp3) is 0.333. The number of esters is 1. The molecular formula is C21H24O5. The summed E-state index contributed by atoms with van der Waals surface area (Å²) in [5.41, 5.74) is 2.33. The third-order valence-corrected chi connectivity index (χ3v) is 4.15. The number of hydrogen-bond acceptors (Lipinski definition) is 4. The standard InChI is InChI=1S/C21H24O5/c1-12(2)15-10-17(13(3)4)19(18(11-15)20(22)23)26-16-8-6-14(7-9-16)21(24)25-5/h6-13H,1-5H3,(H,22,23). The van der Waals surface area contributed by atoms with Crippen molar-refractivity contribution < 1.29 is 24.2 Å². The number of rotatable bonds is 6. The van der Waals surface area contributed by atoms with Gasteiger partial charge in [0.25, 0.3) is 0 Å². The lowest BCUT2D eigenvalue weighted by Crippen LogP contribution is -2.07. The average molecular weight is 356 g/mol. The van der Waals surface area contributed by atoms with Crippen LogP contribution in [0.15, 0.2) is 36.4 Å². The summed E-state index contributed by atoms with van der Waals surface area (Å²) < 4.78 is 10.6. The van der Waals surface area contributed by atoms with E-state index in [-0.39, 0.29) is 17.4 Å². The molecule has 0 aliphatic rings. The van der Waals surface area contributed by atoms with Gasteiger partial charge < -0.3 is 14.6 Å². The topological polar surface area (TPSA) is 72.8 Å². The van der Waals surface area contributed by atoms with Crippen molar-refractivity contribution in [1.29, 1.82) is 0 Å². The number of carboxylic acid groups (broad SMARTS) is 1. The van der Waals surface area contributed by atoms with Crippen LogP contribution in [0.5, 0.6) is 11.5 Å². The molecule has 0 spiro atoms. The molecule has 0 heterocycles. The highest BCUT2D eigenvalue weighted by Gasteiger charge is 2.21. The first-order valence-electron chi connectivity index (χ1n) is 8.52. The van der Waals surface area contributed by atoms with Crippen molar-refractivity contribution in [3.8, 4) is 11.5 Å². The first kappa shape index (κ1) is 19.5. The van der Waals surface area contributed by atoms with Gasteiger partial charge in [0, 0.05) is 0 Å². The Labute approximate surface area is 153 Å². The zero-order valence-corrected chi connectivity index (χ0v) is 15.7. The molecule has 2 rings (SSSR count). The zero-order chi connectivity index (χ0) is 19.4. The van der Waals surface area contributed by atoms with Crippen LogP contribution in [-0.4, -0.2) is 24.2 Å². The van der Waals surface area contributed by atoms with Crippen molar-refractivity contribution in [3.63, 3.8) is 0 Å². The number of benzene rings is 2. The lowest BCUT2D eigenvalue weighted by Gasteiger charge is -2.19. The summed E-state index contributed by atoms with van der Waals surface area (Å²) >= 11 is 0. The van der Waals surface area contributed by atoms with Crippen molar-refractivity contribution in [2.75, 3.05) is 7.11 Å². The predicted molar refractivity (Wildman–Crippen MR) is 99.4 cm³/mol. The smallest absolute Gasteiger partial charge is 0.339 e. The Hall–Kier alpha value is -2.82.